The van der Waals surface area contributed by atoms with E-state index in [-0.39, 0.29) is 23.2 Å². The van der Waals surface area contributed by atoms with Crippen molar-refractivity contribution in [3.63, 3.8) is 0 Å². The van der Waals surface area contributed by atoms with Crippen LogP contribution in [0.15, 0.2) is 42.0 Å². The molecule has 2 heterocycles. The Morgan fingerprint density at radius 2 is 2.03 bits per heavy atom. The predicted octanol–water partition coefficient (Wildman–Crippen LogP) is 5.71. The van der Waals surface area contributed by atoms with Crippen molar-refractivity contribution in [2.45, 2.75) is 65.1 Å². The number of benzene rings is 2. The monoisotopic (exact) mass is 392 g/mol. The van der Waals surface area contributed by atoms with Gasteiger partial charge in [-0.3, -0.25) is 4.79 Å². The van der Waals surface area contributed by atoms with Gasteiger partial charge in [-0.05, 0) is 82.3 Å². The molecule has 152 valence electrons. The van der Waals surface area contributed by atoms with Crippen LogP contribution in [0.2, 0.25) is 0 Å². The second-order valence-corrected chi connectivity index (χ2v) is 8.89. The van der Waals surface area contributed by atoms with Gasteiger partial charge >= 0.3 is 0 Å². The van der Waals surface area contributed by atoms with Crippen LogP contribution in [0.1, 0.15) is 73.7 Å². The minimum atomic E-state index is -0.359. The molecule has 0 bridgehead atoms. The second kappa shape index (κ2) is 7.25. The summed E-state index contributed by atoms with van der Waals surface area (Å²) in [5, 5.41) is 10.4. The van der Waals surface area contributed by atoms with Crippen molar-refractivity contribution in [1.82, 2.24) is 0 Å². The highest BCUT2D eigenvalue weighted by Crippen LogP contribution is 2.42. The van der Waals surface area contributed by atoms with E-state index in [9.17, 15) is 9.90 Å². The average molecular weight is 392 g/mol. The molecule has 4 heteroatoms. The molecule has 2 aliphatic heterocycles. The highest BCUT2D eigenvalue weighted by atomic mass is 16.5. The van der Waals surface area contributed by atoms with Gasteiger partial charge < -0.3 is 14.6 Å². The van der Waals surface area contributed by atoms with E-state index >= 15 is 0 Å². The first-order chi connectivity index (χ1) is 13.7. The number of hydrogen-bond acceptors (Lipinski definition) is 4. The van der Waals surface area contributed by atoms with Gasteiger partial charge in [0.15, 0.2) is 5.78 Å². The van der Waals surface area contributed by atoms with E-state index in [0.717, 1.165) is 35.3 Å². The van der Waals surface area contributed by atoms with Crippen molar-refractivity contribution < 1.29 is 19.4 Å². The third-order valence-corrected chi connectivity index (χ3v) is 5.72. The summed E-state index contributed by atoms with van der Waals surface area (Å²) in [4.78, 5) is 12.8. The molecule has 0 spiro atoms. The van der Waals surface area contributed by atoms with Crippen LogP contribution in [-0.4, -0.2) is 16.5 Å². The first kappa shape index (κ1) is 19.6. The third-order valence-electron chi connectivity index (χ3n) is 5.72. The number of aryl methyl sites for hydroxylation is 1. The molecule has 1 N–H and O–H groups in total. The fraction of sp³-hybridized carbons (Fsp3) is 0.400. The number of hydrogen-bond donors (Lipinski definition) is 1. The molecule has 0 amide bonds. The van der Waals surface area contributed by atoms with Crippen LogP contribution in [0.25, 0.3) is 0 Å². The molecule has 0 saturated carbocycles. The standard InChI is InChI=1S/C25H28O4/c1-15(2)5-7-18-20(26)9-8-19-21(27)14-23(28-24(18)19)16-6-10-22-17(13-16)11-12-25(3,4)29-22/h5-6,8-10,13,23,26H,7,11-12,14H2,1-4H3. The van der Waals surface area contributed by atoms with E-state index in [1.165, 1.54) is 0 Å². The van der Waals surface area contributed by atoms with Gasteiger partial charge in [-0.15, -0.1) is 0 Å². The summed E-state index contributed by atoms with van der Waals surface area (Å²) in [7, 11) is 0. The topological polar surface area (TPSA) is 55.8 Å². The van der Waals surface area contributed by atoms with Crippen molar-refractivity contribution in [2.75, 3.05) is 0 Å². The summed E-state index contributed by atoms with van der Waals surface area (Å²) in [5.41, 5.74) is 4.36. The Labute approximate surface area is 172 Å². The zero-order valence-electron chi connectivity index (χ0n) is 17.5. The number of phenolic OH excluding ortho intramolecular Hbond substituents is 1. The van der Waals surface area contributed by atoms with Gasteiger partial charge in [-0.1, -0.05) is 17.7 Å². The molecule has 29 heavy (non-hydrogen) atoms. The lowest BCUT2D eigenvalue weighted by molar-refractivity contribution is 0.0832. The number of phenols is 1. The number of aromatic hydroxyl groups is 1. The highest BCUT2D eigenvalue weighted by Gasteiger charge is 2.32. The van der Waals surface area contributed by atoms with Crippen molar-refractivity contribution in [3.05, 3.63) is 64.2 Å². The van der Waals surface area contributed by atoms with Crippen LogP contribution in [0.4, 0.5) is 0 Å². The van der Waals surface area contributed by atoms with E-state index in [1.807, 2.05) is 32.1 Å². The number of ketones is 1. The molecule has 2 aromatic carbocycles. The largest absolute Gasteiger partial charge is 0.508 e. The molecule has 1 atom stereocenters. The molecule has 1 unspecified atom stereocenters. The van der Waals surface area contributed by atoms with Crippen LogP contribution < -0.4 is 9.47 Å². The fourth-order valence-corrected chi connectivity index (χ4v) is 4.00. The first-order valence-corrected chi connectivity index (χ1v) is 10.2. The van der Waals surface area contributed by atoms with Crippen LogP contribution >= 0.6 is 0 Å². The minimum Gasteiger partial charge on any atom is -0.508 e. The number of carbonyl (C=O) groups is 1. The minimum absolute atomic E-state index is 0.0461. The second-order valence-electron chi connectivity index (χ2n) is 8.89. The Kier molecular flexibility index (Phi) is 4.89. The summed E-state index contributed by atoms with van der Waals surface area (Å²) >= 11 is 0. The predicted molar refractivity (Wildman–Crippen MR) is 113 cm³/mol. The van der Waals surface area contributed by atoms with Crippen molar-refractivity contribution in [2.24, 2.45) is 0 Å². The Hall–Kier alpha value is -2.75. The summed E-state index contributed by atoms with van der Waals surface area (Å²) in [6.45, 7) is 8.23. The van der Waals surface area contributed by atoms with Crippen molar-refractivity contribution >= 4 is 5.78 Å². The van der Waals surface area contributed by atoms with Gasteiger partial charge in [0.1, 0.15) is 29.0 Å². The molecule has 4 rings (SSSR count). The van der Waals surface area contributed by atoms with Crippen LogP contribution in [0.5, 0.6) is 17.2 Å². The number of ether oxygens (including phenoxy) is 2. The molecule has 2 aromatic rings. The summed E-state index contributed by atoms with van der Waals surface area (Å²) in [6, 6.07) is 9.33. The Morgan fingerprint density at radius 1 is 1.24 bits per heavy atom. The summed E-state index contributed by atoms with van der Waals surface area (Å²) < 4.78 is 12.4. The smallest absolute Gasteiger partial charge is 0.170 e. The van der Waals surface area contributed by atoms with E-state index < -0.39 is 0 Å². The maximum atomic E-state index is 12.8. The normalized spacial score (nSPS) is 19.4. The molecule has 0 radical (unpaired) electrons. The molecule has 0 saturated heterocycles. The van der Waals surface area contributed by atoms with E-state index in [1.54, 1.807) is 12.1 Å². The molecule has 2 aliphatic rings. The number of fused-ring (bicyclic) bond motifs is 2. The van der Waals surface area contributed by atoms with Gasteiger partial charge in [0, 0.05) is 5.56 Å². The zero-order chi connectivity index (χ0) is 20.8. The first-order valence-electron chi connectivity index (χ1n) is 10.2. The van der Waals surface area contributed by atoms with E-state index in [4.69, 9.17) is 9.47 Å². The average Bonchev–Trinajstić information content (AvgIpc) is 2.65. The molecule has 0 aromatic heterocycles. The number of Topliss-reactive ketones (excluding diaryl/α,β-unsaturated/α-hetero) is 1. The zero-order valence-corrected chi connectivity index (χ0v) is 17.5. The van der Waals surface area contributed by atoms with Crippen molar-refractivity contribution in [3.8, 4) is 17.2 Å². The number of carbonyl (C=O) groups excluding carboxylic acids is 1. The lowest BCUT2D eigenvalue weighted by atomic mass is 9.90. The lowest BCUT2D eigenvalue weighted by Gasteiger charge is -2.33. The van der Waals surface area contributed by atoms with Crippen LogP contribution in [0.3, 0.4) is 0 Å². The van der Waals surface area contributed by atoms with Gasteiger partial charge in [0.2, 0.25) is 0 Å². The van der Waals surface area contributed by atoms with Crippen molar-refractivity contribution in [1.29, 1.82) is 0 Å². The maximum absolute atomic E-state index is 12.8. The fourth-order valence-electron chi connectivity index (χ4n) is 4.00. The Morgan fingerprint density at radius 3 is 2.79 bits per heavy atom. The number of rotatable bonds is 3. The molecular weight excluding hydrogens is 364 g/mol. The van der Waals surface area contributed by atoms with E-state index in [2.05, 4.69) is 19.9 Å². The molecule has 0 aliphatic carbocycles. The Bertz CT molecular complexity index is 996. The van der Waals surface area contributed by atoms with Gasteiger partial charge in [-0.25, -0.2) is 0 Å². The SMILES string of the molecule is CC(C)=CCc1c(O)ccc2c1OC(c1ccc3c(c1)CCC(C)(C)O3)CC2=O. The van der Waals surface area contributed by atoms with Gasteiger partial charge in [0.25, 0.3) is 0 Å². The van der Waals surface area contributed by atoms with Gasteiger partial charge in [0.05, 0.1) is 12.0 Å². The highest BCUT2D eigenvalue weighted by molar-refractivity contribution is 6.00. The number of allylic oxidation sites excluding steroid dienone is 2. The maximum Gasteiger partial charge on any atom is 0.170 e. The van der Waals surface area contributed by atoms with E-state index in [0.29, 0.717) is 29.7 Å². The lowest BCUT2D eigenvalue weighted by Crippen LogP contribution is -2.32. The summed E-state index contributed by atoms with van der Waals surface area (Å²) in [5.74, 6) is 1.63. The summed E-state index contributed by atoms with van der Waals surface area (Å²) in [6.07, 6.45) is 4.40. The molecule has 4 nitrogen and oxygen atoms in total. The molecule has 0 fully saturated rings. The quantitative estimate of drug-likeness (QED) is 0.680. The van der Waals surface area contributed by atoms with Gasteiger partial charge in [-0.2, -0.15) is 0 Å². The van der Waals surface area contributed by atoms with Crippen LogP contribution in [0, 0.1) is 0 Å². The Balaban J connectivity index is 1.68. The third kappa shape index (κ3) is 3.89. The van der Waals surface area contributed by atoms with Crippen LogP contribution in [-0.2, 0) is 12.8 Å². The molecular formula is C25H28O4.